The van der Waals surface area contributed by atoms with Crippen LogP contribution in [-0.4, -0.2) is 5.24 Å². The van der Waals surface area contributed by atoms with Crippen LogP contribution in [-0.2, 0) is 5.75 Å². The van der Waals surface area contributed by atoms with Gasteiger partial charge in [0.1, 0.15) is 0 Å². The molecule has 0 atom stereocenters. The van der Waals surface area contributed by atoms with Gasteiger partial charge in [-0.25, -0.2) is 0 Å². The van der Waals surface area contributed by atoms with Gasteiger partial charge in [-0.05, 0) is 29.3 Å². The van der Waals surface area contributed by atoms with E-state index in [2.05, 4.69) is 12.6 Å². The third kappa shape index (κ3) is 2.16. The van der Waals surface area contributed by atoms with E-state index in [9.17, 15) is 4.79 Å². The lowest BCUT2D eigenvalue weighted by atomic mass is 10.2. The zero-order valence-corrected chi connectivity index (χ0v) is 8.46. The largest absolute Gasteiger partial charge is 0.276 e. The van der Waals surface area contributed by atoms with E-state index in [1.54, 1.807) is 18.2 Å². The molecule has 0 saturated heterocycles. The highest BCUT2D eigenvalue weighted by atomic mass is 35.5. The topological polar surface area (TPSA) is 17.1 Å². The number of halogens is 2. The van der Waals surface area contributed by atoms with Gasteiger partial charge in [-0.2, -0.15) is 12.6 Å². The number of carbonyl (C=O) groups is 1. The molecule has 0 spiro atoms. The molecular weight excluding hydrogens is 215 g/mol. The van der Waals surface area contributed by atoms with Crippen LogP contribution in [0.15, 0.2) is 18.2 Å². The zero-order chi connectivity index (χ0) is 9.14. The van der Waals surface area contributed by atoms with Crippen LogP contribution in [0.1, 0.15) is 15.9 Å². The van der Waals surface area contributed by atoms with Crippen LogP contribution in [0.5, 0.6) is 0 Å². The Morgan fingerprint density at radius 3 is 2.58 bits per heavy atom. The molecule has 0 bridgehead atoms. The first-order valence-electron chi connectivity index (χ1n) is 3.24. The minimum atomic E-state index is -0.536. The fraction of sp³-hybridized carbons (Fsp3) is 0.125. The number of hydrogen-bond acceptors (Lipinski definition) is 2. The summed E-state index contributed by atoms with van der Waals surface area (Å²) in [6.07, 6.45) is 0. The molecule has 0 fully saturated rings. The third-order valence-corrected chi connectivity index (χ3v) is 2.31. The molecule has 0 N–H and O–H groups in total. The average molecular weight is 221 g/mol. The van der Waals surface area contributed by atoms with Gasteiger partial charge in [-0.3, -0.25) is 4.79 Å². The van der Waals surface area contributed by atoms with E-state index in [1.165, 1.54) is 0 Å². The van der Waals surface area contributed by atoms with Crippen LogP contribution >= 0.6 is 35.8 Å². The molecular formula is C8H6Cl2OS. The van der Waals surface area contributed by atoms with E-state index in [1.807, 2.05) is 0 Å². The van der Waals surface area contributed by atoms with E-state index in [4.69, 9.17) is 23.2 Å². The SMILES string of the molecule is O=C(Cl)c1ccc(CS)cc1Cl. The summed E-state index contributed by atoms with van der Waals surface area (Å²) in [5.41, 5.74) is 1.30. The summed E-state index contributed by atoms with van der Waals surface area (Å²) in [5.74, 6) is 0.594. The van der Waals surface area contributed by atoms with Gasteiger partial charge in [0.15, 0.2) is 0 Å². The van der Waals surface area contributed by atoms with Gasteiger partial charge < -0.3 is 0 Å². The van der Waals surface area contributed by atoms with Crippen molar-refractivity contribution in [1.29, 1.82) is 0 Å². The molecule has 0 aliphatic carbocycles. The van der Waals surface area contributed by atoms with Crippen molar-refractivity contribution in [3.63, 3.8) is 0 Å². The molecule has 0 amide bonds. The van der Waals surface area contributed by atoms with Gasteiger partial charge in [0.25, 0.3) is 5.24 Å². The van der Waals surface area contributed by atoms with E-state index in [0.717, 1.165) is 5.56 Å². The lowest BCUT2D eigenvalue weighted by Gasteiger charge is -2.00. The van der Waals surface area contributed by atoms with Gasteiger partial charge in [-0.15, -0.1) is 0 Å². The van der Waals surface area contributed by atoms with Gasteiger partial charge in [0.05, 0.1) is 10.6 Å². The first-order valence-corrected chi connectivity index (χ1v) is 4.63. The molecule has 0 aliphatic heterocycles. The normalized spacial score (nSPS) is 9.92. The summed E-state index contributed by atoms with van der Waals surface area (Å²) in [7, 11) is 0. The summed E-state index contributed by atoms with van der Waals surface area (Å²) >= 11 is 15.1. The minimum Gasteiger partial charge on any atom is -0.276 e. The predicted octanol–water partition coefficient (Wildman–Crippen LogP) is 3.15. The van der Waals surface area contributed by atoms with Crippen LogP contribution in [0.4, 0.5) is 0 Å². The van der Waals surface area contributed by atoms with Crippen LogP contribution in [0.25, 0.3) is 0 Å². The highest BCUT2D eigenvalue weighted by Gasteiger charge is 2.06. The second kappa shape index (κ2) is 4.17. The quantitative estimate of drug-likeness (QED) is 0.599. The Morgan fingerprint density at radius 1 is 1.50 bits per heavy atom. The summed E-state index contributed by atoms with van der Waals surface area (Å²) in [4.78, 5) is 10.7. The standard InChI is InChI=1S/C8H6Cl2OS/c9-7-3-5(4-12)1-2-6(7)8(10)11/h1-3,12H,4H2. The van der Waals surface area contributed by atoms with Crippen molar-refractivity contribution in [3.8, 4) is 0 Å². The van der Waals surface area contributed by atoms with E-state index in [-0.39, 0.29) is 0 Å². The lowest BCUT2D eigenvalue weighted by Crippen LogP contribution is -1.90. The lowest BCUT2D eigenvalue weighted by molar-refractivity contribution is 0.108. The highest BCUT2D eigenvalue weighted by Crippen LogP contribution is 2.20. The van der Waals surface area contributed by atoms with Crippen LogP contribution < -0.4 is 0 Å². The molecule has 1 aromatic rings. The Balaban J connectivity index is 3.12. The third-order valence-electron chi connectivity index (χ3n) is 1.43. The molecule has 4 heteroatoms. The second-order valence-electron chi connectivity index (χ2n) is 2.25. The van der Waals surface area contributed by atoms with Crippen LogP contribution in [0.3, 0.4) is 0 Å². The maximum Gasteiger partial charge on any atom is 0.253 e. The highest BCUT2D eigenvalue weighted by molar-refractivity contribution is 7.79. The second-order valence-corrected chi connectivity index (χ2v) is 3.31. The monoisotopic (exact) mass is 220 g/mol. The maximum atomic E-state index is 10.7. The number of thiol groups is 1. The smallest absolute Gasteiger partial charge is 0.253 e. The van der Waals surface area contributed by atoms with E-state index in [0.29, 0.717) is 16.3 Å². The maximum absolute atomic E-state index is 10.7. The number of benzene rings is 1. The van der Waals surface area contributed by atoms with Crippen LogP contribution in [0, 0.1) is 0 Å². The van der Waals surface area contributed by atoms with Crippen molar-refractivity contribution >= 4 is 41.1 Å². The molecule has 1 rings (SSSR count). The minimum absolute atomic E-state index is 0.337. The Bertz CT molecular complexity index is 312. The van der Waals surface area contributed by atoms with Gasteiger partial charge in [0.2, 0.25) is 0 Å². The molecule has 0 saturated carbocycles. The molecule has 0 radical (unpaired) electrons. The van der Waals surface area contributed by atoms with Crippen molar-refractivity contribution in [2.75, 3.05) is 0 Å². The fourth-order valence-electron chi connectivity index (χ4n) is 0.816. The van der Waals surface area contributed by atoms with Gasteiger partial charge in [-0.1, -0.05) is 17.7 Å². The van der Waals surface area contributed by atoms with Crippen molar-refractivity contribution in [2.45, 2.75) is 5.75 Å². The summed E-state index contributed by atoms with van der Waals surface area (Å²) in [5, 5.41) is -0.160. The Hall–Kier alpha value is -0.180. The molecule has 1 nitrogen and oxygen atoms in total. The number of hydrogen-bond donors (Lipinski definition) is 1. The Labute approximate surface area is 86.1 Å². The molecule has 0 unspecified atom stereocenters. The fourth-order valence-corrected chi connectivity index (χ4v) is 1.52. The first kappa shape index (κ1) is 9.90. The first-order chi connectivity index (χ1) is 5.65. The Kier molecular flexibility index (Phi) is 3.44. The number of rotatable bonds is 2. The molecule has 12 heavy (non-hydrogen) atoms. The summed E-state index contributed by atoms with van der Waals surface area (Å²) in [6.45, 7) is 0. The summed E-state index contributed by atoms with van der Waals surface area (Å²) in [6, 6.07) is 5.06. The average Bonchev–Trinajstić information content (AvgIpc) is 2.03. The van der Waals surface area contributed by atoms with Crippen molar-refractivity contribution in [2.24, 2.45) is 0 Å². The predicted molar refractivity (Wildman–Crippen MR) is 54.3 cm³/mol. The Morgan fingerprint density at radius 2 is 2.17 bits per heavy atom. The van der Waals surface area contributed by atoms with Gasteiger partial charge >= 0.3 is 0 Å². The van der Waals surface area contributed by atoms with Crippen molar-refractivity contribution < 1.29 is 4.79 Å². The number of carbonyl (C=O) groups excluding carboxylic acids is 1. The van der Waals surface area contributed by atoms with Crippen LogP contribution in [0.2, 0.25) is 5.02 Å². The van der Waals surface area contributed by atoms with Gasteiger partial charge in [0, 0.05) is 5.75 Å². The molecule has 1 aromatic carbocycles. The molecule has 0 heterocycles. The molecule has 0 aliphatic rings. The zero-order valence-electron chi connectivity index (χ0n) is 6.05. The van der Waals surface area contributed by atoms with Crippen molar-refractivity contribution in [3.05, 3.63) is 34.3 Å². The van der Waals surface area contributed by atoms with Crippen molar-refractivity contribution in [1.82, 2.24) is 0 Å². The van der Waals surface area contributed by atoms with E-state index >= 15 is 0 Å². The molecule has 64 valence electrons. The molecule has 0 aromatic heterocycles. The van der Waals surface area contributed by atoms with E-state index < -0.39 is 5.24 Å². The summed E-state index contributed by atoms with van der Waals surface area (Å²) < 4.78 is 0.